The zero-order valence-corrected chi connectivity index (χ0v) is 8.87. The van der Waals surface area contributed by atoms with Gasteiger partial charge in [-0.15, -0.1) is 11.6 Å². The van der Waals surface area contributed by atoms with Gasteiger partial charge < -0.3 is 5.41 Å². The molecule has 2 heteroatoms. The summed E-state index contributed by atoms with van der Waals surface area (Å²) in [6.07, 6.45) is 3.85. The highest BCUT2D eigenvalue weighted by atomic mass is 35.5. The second kappa shape index (κ2) is 5.15. The third-order valence-electron chi connectivity index (χ3n) is 1.76. The zero-order valence-electron chi connectivity index (χ0n) is 8.11. The van der Waals surface area contributed by atoms with Crippen molar-refractivity contribution < 1.29 is 0 Å². The number of hydrogen-bond donors (Lipinski definition) is 1. The Morgan fingerprint density at radius 2 is 1.92 bits per heavy atom. The molecular weight excluding hydrogens is 170 g/mol. The average molecular weight is 186 g/mol. The Labute approximate surface area is 79.6 Å². The van der Waals surface area contributed by atoms with E-state index in [1.165, 1.54) is 0 Å². The normalized spacial score (nSPS) is 16.1. The molecule has 1 unspecified atom stereocenters. The molecule has 0 aromatic carbocycles. The molecule has 0 aliphatic heterocycles. The Morgan fingerprint density at radius 1 is 1.42 bits per heavy atom. The quantitative estimate of drug-likeness (QED) is 0.395. The lowest BCUT2D eigenvalue weighted by molar-refractivity contribution is 1.09. The van der Waals surface area contributed by atoms with Crippen molar-refractivity contribution in [2.45, 2.75) is 33.1 Å². The van der Waals surface area contributed by atoms with Crippen LogP contribution in [-0.4, -0.2) is 11.1 Å². The van der Waals surface area contributed by atoms with Crippen LogP contribution in [0.1, 0.15) is 27.7 Å². The van der Waals surface area contributed by atoms with E-state index in [1.807, 2.05) is 32.9 Å². The van der Waals surface area contributed by atoms with E-state index in [2.05, 4.69) is 0 Å². The van der Waals surface area contributed by atoms with Gasteiger partial charge in [-0.25, -0.2) is 0 Å². The van der Waals surface area contributed by atoms with Gasteiger partial charge in [0.05, 0.1) is 5.38 Å². The Hall–Kier alpha value is -0.560. The fourth-order valence-corrected chi connectivity index (χ4v) is 1.05. The molecule has 0 amide bonds. The van der Waals surface area contributed by atoms with E-state index < -0.39 is 0 Å². The summed E-state index contributed by atoms with van der Waals surface area (Å²) < 4.78 is 0. The number of halogens is 1. The van der Waals surface area contributed by atoms with Crippen molar-refractivity contribution in [3.63, 3.8) is 0 Å². The highest BCUT2D eigenvalue weighted by molar-refractivity contribution is 6.22. The first-order chi connectivity index (χ1) is 5.50. The Kier molecular flexibility index (Phi) is 4.91. The minimum atomic E-state index is -0.00324. The van der Waals surface area contributed by atoms with Gasteiger partial charge in [-0.1, -0.05) is 12.2 Å². The van der Waals surface area contributed by atoms with Gasteiger partial charge in [0, 0.05) is 5.71 Å². The van der Waals surface area contributed by atoms with Gasteiger partial charge >= 0.3 is 0 Å². The van der Waals surface area contributed by atoms with Crippen molar-refractivity contribution in [1.29, 1.82) is 5.41 Å². The maximum Gasteiger partial charge on any atom is 0.0523 e. The summed E-state index contributed by atoms with van der Waals surface area (Å²) in [6.45, 7) is 7.60. The Balaban J connectivity index is 4.93. The van der Waals surface area contributed by atoms with Gasteiger partial charge in [-0.05, 0) is 38.8 Å². The van der Waals surface area contributed by atoms with Crippen LogP contribution in [0.2, 0.25) is 0 Å². The maximum atomic E-state index is 7.51. The molecule has 0 saturated carbocycles. The molecule has 0 heterocycles. The van der Waals surface area contributed by atoms with Crippen LogP contribution in [0.3, 0.4) is 0 Å². The predicted octanol–water partition coefficient (Wildman–Crippen LogP) is 3.55. The summed E-state index contributed by atoms with van der Waals surface area (Å²) in [5.41, 5.74) is 2.57. The van der Waals surface area contributed by atoms with E-state index in [9.17, 15) is 0 Å². The molecule has 0 saturated heterocycles. The summed E-state index contributed by atoms with van der Waals surface area (Å²) in [4.78, 5) is 0. The maximum absolute atomic E-state index is 7.51. The monoisotopic (exact) mass is 185 g/mol. The highest BCUT2D eigenvalue weighted by Crippen LogP contribution is 2.15. The van der Waals surface area contributed by atoms with Crippen LogP contribution in [-0.2, 0) is 0 Å². The second-order valence-electron chi connectivity index (χ2n) is 2.84. The van der Waals surface area contributed by atoms with Gasteiger partial charge in [0.2, 0.25) is 0 Å². The zero-order chi connectivity index (χ0) is 9.72. The molecule has 0 aliphatic carbocycles. The van der Waals surface area contributed by atoms with E-state index in [1.54, 1.807) is 6.92 Å². The van der Waals surface area contributed by atoms with Gasteiger partial charge in [-0.2, -0.15) is 0 Å². The summed E-state index contributed by atoms with van der Waals surface area (Å²) in [5, 5.41) is 7.51. The van der Waals surface area contributed by atoms with Crippen LogP contribution in [0.5, 0.6) is 0 Å². The third-order valence-corrected chi connectivity index (χ3v) is 2.09. The minimum absolute atomic E-state index is 0.00324. The summed E-state index contributed by atoms with van der Waals surface area (Å²) in [7, 11) is 0. The molecule has 1 N–H and O–H groups in total. The first-order valence-corrected chi connectivity index (χ1v) is 4.47. The van der Waals surface area contributed by atoms with Crippen molar-refractivity contribution in [3.8, 4) is 0 Å². The van der Waals surface area contributed by atoms with Crippen LogP contribution < -0.4 is 0 Å². The van der Waals surface area contributed by atoms with E-state index in [4.69, 9.17) is 17.0 Å². The molecule has 68 valence electrons. The lowest BCUT2D eigenvalue weighted by Gasteiger charge is -2.08. The largest absolute Gasteiger partial charge is 0.305 e. The van der Waals surface area contributed by atoms with Crippen molar-refractivity contribution in [3.05, 3.63) is 23.3 Å². The summed E-state index contributed by atoms with van der Waals surface area (Å²) >= 11 is 5.91. The fourth-order valence-electron chi connectivity index (χ4n) is 0.933. The van der Waals surface area contributed by atoms with Crippen LogP contribution in [0.15, 0.2) is 23.3 Å². The van der Waals surface area contributed by atoms with Crippen LogP contribution >= 0.6 is 11.6 Å². The second-order valence-corrected chi connectivity index (χ2v) is 3.49. The van der Waals surface area contributed by atoms with Crippen molar-refractivity contribution in [1.82, 2.24) is 0 Å². The van der Waals surface area contributed by atoms with Crippen LogP contribution in [0.25, 0.3) is 0 Å². The van der Waals surface area contributed by atoms with E-state index in [0.717, 1.165) is 11.1 Å². The minimum Gasteiger partial charge on any atom is -0.305 e. The van der Waals surface area contributed by atoms with Crippen molar-refractivity contribution in [2.24, 2.45) is 0 Å². The lowest BCUT2D eigenvalue weighted by Crippen LogP contribution is -2.03. The van der Waals surface area contributed by atoms with Gasteiger partial charge in [-0.3, -0.25) is 0 Å². The lowest BCUT2D eigenvalue weighted by atomic mass is 10.0. The van der Waals surface area contributed by atoms with Gasteiger partial charge in [0.15, 0.2) is 0 Å². The Bertz CT molecular complexity index is 224. The summed E-state index contributed by atoms with van der Waals surface area (Å²) in [5.74, 6) is 0. The number of alkyl halides is 1. The standard InChI is InChI=1S/C10H16ClN/c1-5-6-10(9(4)12)7(2)8(3)11/h5-6,8,12H,1-4H3/b6-5-,10-7+,12-9?. The van der Waals surface area contributed by atoms with E-state index in [0.29, 0.717) is 5.71 Å². The number of rotatable bonds is 3. The van der Waals surface area contributed by atoms with E-state index >= 15 is 0 Å². The van der Waals surface area contributed by atoms with Crippen LogP contribution in [0, 0.1) is 5.41 Å². The topological polar surface area (TPSA) is 23.9 Å². The molecular formula is C10H16ClN. The summed E-state index contributed by atoms with van der Waals surface area (Å²) in [6, 6.07) is 0. The first kappa shape index (κ1) is 11.4. The third kappa shape index (κ3) is 3.22. The molecule has 1 nitrogen and oxygen atoms in total. The number of hydrogen-bond acceptors (Lipinski definition) is 1. The van der Waals surface area contributed by atoms with Crippen molar-refractivity contribution >= 4 is 17.3 Å². The van der Waals surface area contributed by atoms with Gasteiger partial charge in [0.1, 0.15) is 0 Å². The SMILES string of the molecule is C/C=C\C(C(C)=N)=C(\C)C(C)Cl. The smallest absolute Gasteiger partial charge is 0.0523 e. The molecule has 0 bridgehead atoms. The molecule has 1 atom stereocenters. The number of nitrogens with one attached hydrogen (secondary N) is 1. The molecule has 0 fully saturated rings. The van der Waals surface area contributed by atoms with Crippen molar-refractivity contribution in [2.75, 3.05) is 0 Å². The molecule has 0 aromatic rings. The molecule has 0 aromatic heterocycles. The number of allylic oxidation sites excluding steroid dienone is 4. The van der Waals surface area contributed by atoms with E-state index in [-0.39, 0.29) is 5.38 Å². The molecule has 0 aliphatic rings. The highest BCUT2D eigenvalue weighted by Gasteiger charge is 2.06. The first-order valence-electron chi connectivity index (χ1n) is 4.03. The Morgan fingerprint density at radius 3 is 2.17 bits per heavy atom. The molecule has 12 heavy (non-hydrogen) atoms. The average Bonchev–Trinajstić information content (AvgIpc) is 1.98. The molecule has 0 radical (unpaired) electrons. The predicted molar refractivity (Wildman–Crippen MR) is 56.2 cm³/mol. The van der Waals surface area contributed by atoms with Crippen LogP contribution in [0.4, 0.5) is 0 Å². The molecule has 0 rings (SSSR count). The van der Waals surface area contributed by atoms with Gasteiger partial charge in [0.25, 0.3) is 0 Å². The fraction of sp³-hybridized carbons (Fsp3) is 0.500. The molecule has 0 spiro atoms.